The summed E-state index contributed by atoms with van der Waals surface area (Å²) in [5, 5.41) is 2.89. The first-order valence-corrected chi connectivity index (χ1v) is 7.68. The van der Waals surface area contributed by atoms with Crippen LogP contribution >= 0.6 is 23.2 Å². The van der Waals surface area contributed by atoms with E-state index in [1.54, 1.807) is 0 Å². The van der Waals surface area contributed by atoms with Crippen molar-refractivity contribution in [2.75, 3.05) is 11.9 Å². The zero-order valence-electron chi connectivity index (χ0n) is 12.6. The molecule has 1 unspecified atom stereocenters. The molecule has 0 spiro atoms. The second-order valence-corrected chi connectivity index (χ2v) is 6.80. The monoisotopic (exact) mass is 332 g/mol. The zero-order chi connectivity index (χ0) is 16.0. The van der Waals surface area contributed by atoms with Crippen LogP contribution in [-0.4, -0.2) is 22.4 Å². The fraction of sp³-hybridized carbons (Fsp3) is 0.643. The van der Waals surface area contributed by atoms with E-state index in [9.17, 15) is 4.79 Å². The van der Waals surface area contributed by atoms with Crippen LogP contribution < -0.4 is 11.1 Å². The molecule has 5 nitrogen and oxygen atoms in total. The van der Waals surface area contributed by atoms with Gasteiger partial charge in [-0.2, -0.15) is 0 Å². The van der Waals surface area contributed by atoms with Gasteiger partial charge in [-0.05, 0) is 42.3 Å². The van der Waals surface area contributed by atoms with Crippen molar-refractivity contribution in [3.05, 3.63) is 16.5 Å². The zero-order valence-corrected chi connectivity index (χ0v) is 14.1. The number of hydrogen-bond acceptors (Lipinski definition) is 4. The average Bonchev–Trinajstić information content (AvgIpc) is 2.31. The molecule has 0 saturated carbocycles. The number of amides is 1. The molecule has 3 N–H and O–H groups in total. The third kappa shape index (κ3) is 6.59. The molecule has 7 heteroatoms. The first-order chi connectivity index (χ1) is 9.72. The van der Waals surface area contributed by atoms with Gasteiger partial charge in [-0.15, -0.1) is 0 Å². The smallest absolute Gasteiger partial charge is 0.225 e. The van der Waals surface area contributed by atoms with Gasteiger partial charge in [0.05, 0.1) is 0 Å². The number of hydrogen-bond donors (Lipinski definition) is 2. The Morgan fingerprint density at radius 1 is 1.33 bits per heavy atom. The first kappa shape index (κ1) is 18.1. The van der Waals surface area contributed by atoms with Crippen LogP contribution in [0.5, 0.6) is 0 Å². The predicted molar refractivity (Wildman–Crippen MR) is 86.5 cm³/mol. The van der Waals surface area contributed by atoms with Crippen molar-refractivity contribution in [1.82, 2.24) is 9.97 Å². The van der Waals surface area contributed by atoms with Crippen LogP contribution in [-0.2, 0) is 4.79 Å². The van der Waals surface area contributed by atoms with Crippen molar-refractivity contribution in [3.63, 3.8) is 0 Å². The third-order valence-electron chi connectivity index (χ3n) is 3.39. The van der Waals surface area contributed by atoms with Crippen molar-refractivity contribution in [3.8, 4) is 0 Å². The standard InChI is InChI=1S/C14H22Cl2N4O/c1-14(2,3)9(6-7-17)4-5-12(21)19-11-8-10(15)18-13(16)20-11/h8-9H,4-7,17H2,1-3H3,(H,18,19,20,21). The van der Waals surface area contributed by atoms with Crippen LogP contribution in [0.2, 0.25) is 10.4 Å². The summed E-state index contributed by atoms with van der Waals surface area (Å²) in [6.07, 6.45) is 2.09. The lowest BCUT2D eigenvalue weighted by Gasteiger charge is -2.30. The molecule has 1 atom stereocenters. The molecule has 118 valence electrons. The van der Waals surface area contributed by atoms with Gasteiger partial charge < -0.3 is 11.1 Å². The maximum absolute atomic E-state index is 12.0. The van der Waals surface area contributed by atoms with Crippen molar-refractivity contribution >= 4 is 34.9 Å². The topological polar surface area (TPSA) is 80.9 Å². The summed E-state index contributed by atoms with van der Waals surface area (Å²) in [5.41, 5.74) is 5.77. The molecule has 1 amide bonds. The fourth-order valence-electron chi connectivity index (χ4n) is 2.18. The predicted octanol–water partition coefficient (Wildman–Crippen LogP) is 3.51. The summed E-state index contributed by atoms with van der Waals surface area (Å²) in [6, 6.07) is 1.46. The Morgan fingerprint density at radius 3 is 2.52 bits per heavy atom. The number of carbonyl (C=O) groups is 1. The molecule has 1 rings (SSSR count). The van der Waals surface area contributed by atoms with E-state index in [0.29, 0.717) is 24.7 Å². The number of anilines is 1. The Hall–Kier alpha value is -0.910. The Labute approximate surface area is 135 Å². The van der Waals surface area contributed by atoms with Gasteiger partial charge in [0.2, 0.25) is 11.2 Å². The molecular weight excluding hydrogens is 311 g/mol. The van der Waals surface area contributed by atoms with E-state index >= 15 is 0 Å². The normalized spacial score (nSPS) is 13.0. The van der Waals surface area contributed by atoms with E-state index in [2.05, 4.69) is 36.1 Å². The molecule has 1 aromatic heterocycles. The number of aromatic nitrogens is 2. The molecule has 0 radical (unpaired) electrons. The van der Waals surface area contributed by atoms with E-state index < -0.39 is 0 Å². The summed E-state index contributed by atoms with van der Waals surface area (Å²) >= 11 is 11.5. The molecule has 1 aromatic rings. The minimum absolute atomic E-state index is 0.00787. The Morgan fingerprint density at radius 2 is 2.00 bits per heavy atom. The van der Waals surface area contributed by atoms with Crippen LogP contribution in [0, 0.1) is 11.3 Å². The maximum Gasteiger partial charge on any atom is 0.225 e. The van der Waals surface area contributed by atoms with E-state index in [0.717, 1.165) is 12.8 Å². The van der Waals surface area contributed by atoms with Crippen molar-refractivity contribution in [2.45, 2.75) is 40.0 Å². The molecule has 0 bridgehead atoms. The minimum atomic E-state index is -0.118. The molecule has 0 fully saturated rings. The Kier molecular flexibility index (Phi) is 6.84. The van der Waals surface area contributed by atoms with Gasteiger partial charge in [0.15, 0.2) is 0 Å². The Balaban J connectivity index is 2.57. The van der Waals surface area contributed by atoms with Crippen LogP contribution in [0.4, 0.5) is 5.82 Å². The summed E-state index contributed by atoms with van der Waals surface area (Å²) in [7, 11) is 0. The first-order valence-electron chi connectivity index (χ1n) is 6.92. The number of nitrogens with zero attached hydrogens (tertiary/aromatic N) is 2. The van der Waals surface area contributed by atoms with Gasteiger partial charge in [0.25, 0.3) is 0 Å². The maximum atomic E-state index is 12.0. The second kappa shape index (κ2) is 7.92. The lowest BCUT2D eigenvalue weighted by atomic mass is 9.76. The van der Waals surface area contributed by atoms with Crippen molar-refractivity contribution in [2.24, 2.45) is 17.1 Å². The van der Waals surface area contributed by atoms with Crippen LogP contribution in [0.15, 0.2) is 6.07 Å². The third-order valence-corrected chi connectivity index (χ3v) is 3.76. The van der Waals surface area contributed by atoms with Gasteiger partial charge in [-0.3, -0.25) is 4.79 Å². The molecule has 0 aliphatic rings. The lowest BCUT2D eigenvalue weighted by molar-refractivity contribution is -0.116. The summed E-state index contributed by atoms with van der Waals surface area (Å²) in [4.78, 5) is 19.6. The van der Waals surface area contributed by atoms with Crippen LogP contribution in [0.1, 0.15) is 40.0 Å². The quantitative estimate of drug-likeness (QED) is 0.616. The Bertz CT molecular complexity index is 468. The van der Waals surface area contributed by atoms with E-state index in [4.69, 9.17) is 28.9 Å². The van der Waals surface area contributed by atoms with Crippen LogP contribution in [0.25, 0.3) is 0 Å². The van der Waals surface area contributed by atoms with Gasteiger partial charge in [0, 0.05) is 12.5 Å². The molecule has 0 aliphatic carbocycles. The number of rotatable bonds is 6. The molecule has 0 aromatic carbocycles. The van der Waals surface area contributed by atoms with Crippen LogP contribution in [0.3, 0.4) is 0 Å². The van der Waals surface area contributed by atoms with Gasteiger partial charge >= 0.3 is 0 Å². The summed E-state index contributed by atoms with van der Waals surface area (Å²) < 4.78 is 0. The van der Waals surface area contributed by atoms with Crippen molar-refractivity contribution < 1.29 is 4.79 Å². The highest BCUT2D eigenvalue weighted by Crippen LogP contribution is 2.32. The number of nitrogens with one attached hydrogen (secondary N) is 1. The van der Waals surface area contributed by atoms with Gasteiger partial charge in [-0.25, -0.2) is 9.97 Å². The molecule has 0 saturated heterocycles. The van der Waals surface area contributed by atoms with Crippen molar-refractivity contribution in [1.29, 1.82) is 0 Å². The highest BCUT2D eigenvalue weighted by atomic mass is 35.5. The SMILES string of the molecule is CC(C)(C)C(CCN)CCC(=O)Nc1cc(Cl)nc(Cl)n1. The number of carbonyl (C=O) groups excluding carboxylic acids is 1. The van der Waals surface area contributed by atoms with E-state index in [1.165, 1.54) is 6.07 Å². The lowest BCUT2D eigenvalue weighted by Crippen LogP contribution is -2.25. The number of halogens is 2. The van der Waals surface area contributed by atoms with Gasteiger partial charge in [-0.1, -0.05) is 32.4 Å². The molecule has 21 heavy (non-hydrogen) atoms. The van der Waals surface area contributed by atoms with E-state index in [-0.39, 0.29) is 21.8 Å². The van der Waals surface area contributed by atoms with E-state index in [1.807, 2.05) is 0 Å². The molecule has 0 aliphatic heterocycles. The summed E-state index contributed by atoms with van der Waals surface area (Å²) in [6.45, 7) is 7.11. The van der Waals surface area contributed by atoms with Gasteiger partial charge in [0.1, 0.15) is 11.0 Å². The second-order valence-electron chi connectivity index (χ2n) is 6.07. The highest BCUT2D eigenvalue weighted by molar-refractivity contribution is 6.32. The average molecular weight is 333 g/mol. The summed E-state index contributed by atoms with van der Waals surface area (Å²) in [5.74, 6) is 0.592. The fourth-order valence-corrected chi connectivity index (χ4v) is 2.58. The minimum Gasteiger partial charge on any atom is -0.330 e. The number of nitrogens with two attached hydrogens (primary N) is 1. The highest BCUT2D eigenvalue weighted by Gasteiger charge is 2.24. The molecular formula is C14H22Cl2N4O. The largest absolute Gasteiger partial charge is 0.330 e. The molecule has 1 heterocycles.